The molecule has 2 aromatic rings. The van der Waals surface area contributed by atoms with Crippen LogP contribution in [0.2, 0.25) is 5.02 Å². The van der Waals surface area contributed by atoms with Crippen molar-refractivity contribution in [1.29, 1.82) is 0 Å². The normalized spacial score (nSPS) is 9.30. The van der Waals surface area contributed by atoms with E-state index < -0.39 is 9.85 Å². The van der Waals surface area contributed by atoms with Crippen molar-refractivity contribution in [2.45, 2.75) is 6.92 Å². The summed E-state index contributed by atoms with van der Waals surface area (Å²) >= 11 is 5.56. The largest absolute Gasteiger partial charge is 0.273 e. The van der Waals surface area contributed by atoms with Gasteiger partial charge in [-0.3, -0.25) is 20.2 Å². The third-order valence-electron chi connectivity index (χ3n) is 2.33. The Morgan fingerprint density at radius 2 is 1.55 bits per heavy atom. The van der Waals surface area contributed by atoms with E-state index in [9.17, 15) is 20.2 Å². The maximum atomic E-state index is 10.3. The first-order valence-corrected chi connectivity index (χ1v) is 5.89. The van der Waals surface area contributed by atoms with E-state index in [-0.39, 0.29) is 11.4 Å². The van der Waals surface area contributed by atoms with Gasteiger partial charge in [0.25, 0.3) is 11.4 Å². The summed E-state index contributed by atoms with van der Waals surface area (Å²) < 4.78 is 0. The molecule has 0 aromatic heterocycles. The van der Waals surface area contributed by atoms with Gasteiger partial charge in [0, 0.05) is 28.8 Å². The van der Waals surface area contributed by atoms with Gasteiger partial charge >= 0.3 is 0 Å². The highest BCUT2D eigenvalue weighted by Crippen LogP contribution is 2.21. The first-order valence-electron chi connectivity index (χ1n) is 5.52. The summed E-state index contributed by atoms with van der Waals surface area (Å²) in [5, 5.41) is 20.7. The SMILES string of the molecule is Cc1ccc(Cl)cc1[N+](=O)[O-].O=[N+]([O-])c1ccccc1. The number of aryl methyl sites for hydroxylation is 1. The van der Waals surface area contributed by atoms with Crippen molar-refractivity contribution in [2.24, 2.45) is 0 Å². The van der Waals surface area contributed by atoms with Gasteiger partial charge in [-0.05, 0) is 13.0 Å². The number of nitro benzene ring substituents is 2. The van der Waals surface area contributed by atoms with Crippen LogP contribution in [0.5, 0.6) is 0 Å². The third-order valence-corrected chi connectivity index (χ3v) is 2.57. The lowest BCUT2D eigenvalue weighted by Gasteiger charge is -1.95. The lowest BCUT2D eigenvalue weighted by molar-refractivity contribution is -0.385. The lowest BCUT2D eigenvalue weighted by Crippen LogP contribution is -1.90. The van der Waals surface area contributed by atoms with Gasteiger partial charge in [0.15, 0.2) is 0 Å². The summed E-state index contributed by atoms with van der Waals surface area (Å²) in [6.07, 6.45) is 0. The Kier molecular flexibility index (Phi) is 5.61. The molecule has 7 heteroatoms. The van der Waals surface area contributed by atoms with E-state index >= 15 is 0 Å². The van der Waals surface area contributed by atoms with Gasteiger partial charge in [-0.25, -0.2) is 0 Å². The van der Waals surface area contributed by atoms with Crippen molar-refractivity contribution >= 4 is 23.0 Å². The number of para-hydroxylation sites is 1. The molecule has 0 unspecified atom stereocenters. The molecule has 0 heterocycles. The maximum Gasteiger partial charge on any atom is 0.273 e. The Labute approximate surface area is 119 Å². The first kappa shape index (κ1) is 15.6. The maximum absolute atomic E-state index is 10.3. The highest BCUT2D eigenvalue weighted by molar-refractivity contribution is 6.30. The summed E-state index contributed by atoms with van der Waals surface area (Å²) in [6.45, 7) is 1.68. The van der Waals surface area contributed by atoms with Crippen LogP contribution in [-0.4, -0.2) is 9.85 Å². The molecule has 0 saturated heterocycles. The fourth-order valence-electron chi connectivity index (χ4n) is 1.33. The molecule has 6 nitrogen and oxygen atoms in total. The molecule has 0 N–H and O–H groups in total. The average molecular weight is 295 g/mol. The minimum atomic E-state index is -0.443. The number of hydrogen-bond acceptors (Lipinski definition) is 4. The molecule has 0 amide bonds. The van der Waals surface area contributed by atoms with Crippen molar-refractivity contribution < 1.29 is 9.85 Å². The molecule has 20 heavy (non-hydrogen) atoms. The van der Waals surface area contributed by atoms with Crippen molar-refractivity contribution in [3.05, 3.63) is 79.3 Å². The van der Waals surface area contributed by atoms with E-state index in [1.807, 2.05) is 0 Å². The number of nitro groups is 2. The number of hydrogen-bond donors (Lipinski definition) is 0. The Hall–Kier alpha value is -2.47. The molecule has 2 aromatic carbocycles. The van der Waals surface area contributed by atoms with Crippen LogP contribution in [0.3, 0.4) is 0 Å². The molecule has 0 bridgehead atoms. The van der Waals surface area contributed by atoms with Crippen LogP contribution in [0.1, 0.15) is 5.56 Å². The van der Waals surface area contributed by atoms with Gasteiger partial charge < -0.3 is 0 Å². The van der Waals surface area contributed by atoms with E-state index in [2.05, 4.69) is 0 Å². The zero-order chi connectivity index (χ0) is 15.1. The van der Waals surface area contributed by atoms with Gasteiger partial charge in [0.2, 0.25) is 0 Å². The lowest BCUT2D eigenvalue weighted by atomic mass is 10.2. The van der Waals surface area contributed by atoms with Gasteiger partial charge in [-0.15, -0.1) is 0 Å². The number of non-ortho nitro benzene ring substituents is 1. The van der Waals surface area contributed by atoms with E-state index in [0.29, 0.717) is 10.6 Å². The molecular formula is C13H11ClN2O4. The summed E-state index contributed by atoms with van der Waals surface area (Å²) in [6, 6.07) is 12.5. The number of benzene rings is 2. The van der Waals surface area contributed by atoms with Crippen molar-refractivity contribution in [3.63, 3.8) is 0 Å². The zero-order valence-corrected chi connectivity index (χ0v) is 11.3. The standard InChI is InChI=1S/C7H6ClNO2.C6H5NO2/c1-5-2-3-6(8)4-7(5)9(10)11;8-7(9)6-4-2-1-3-5-6/h2-4H,1H3;1-5H. The molecule has 0 atom stereocenters. The fourth-order valence-corrected chi connectivity index (χ4v) is 1.50. The van der Waals surface area contributed by atoms with Crippen LogP contribution < -0.4 is 0 Å². The summed E-state index contributed by atoms with van der Waals surface area (Å²) in [4.78, 5) is 19.5. The van der Waals surface area contributed by atoms with Crippen LogP contribution in [0, 0.1) is 27.2 Å². The monoisotopic (exact) mass is 294 g/mol. The predicted octanol–water partition coefficient (Wildman–Crippen LogP) is 4.15. The zero-order valence-electron chi connectivity index (χ0n) is 10.5. The van der Waals surface area contributed by atoms with Crippen molar-refractivity contribution in [2.75, 3.05) is 0 Å². The molecular weight excluding hydrogens is 284 g/mol. The minimum Gasteiger partial charge on any atom is -0.258 e. The van der Waals surface area contributed by atoms with Crippen molar-refractivity contribution in [1.82, 2.24) is 0 Å². The number of halogens is 1. The molecule has 2 rings (SSSR count). The average Bonchev–Trinajstić information content (AvgIpc) is 2.43. The number of rotatable bonds is 2. The molecule has 104 valence electrons. The predicted molar refractivity (Wildman–Crippen MR) is 75.9 cm³/mol. The van der Waals surface area contributed by atoms with Crippen molar-refractivity contribution in [3.8, 4) is 0 Å². The Morgan fingerprint density at radius 1 is 0.950 bits per heavy atom. The van der Waals surface area contributed by atoms with Crippen LogP contribution >= 0.6 is 11.6 Å². The van der Waals surface area contributed by atoms with Crippen LogP contribution in [0.4, 0.5) is 11.4 Å². The topological polar surface area (TPSA) is 86.3 Å². The first-order chi connectivity index (χ1) is 9.41. The Morgan fingerprint density at radius 3 is 1.95 bits per heavy atom. The second-order valence-corrected chi connectivity index (χ2v) is 4.22. The summed E-state index contributed by atoms with van der Waals surface area (Å²) in [5.41, 5.74) is 0.828. The van der Waals surface area contributed by atoms with E-state index in [0.717, 1.165) is 0 Å². The van der Waals surface area contributed by atoms with E-state index in [1.54, 1.807) is 37.3 Å². The van der Waals surface area contributed by atoms with Gasteiger partial charge in [0.05, 0.1) is 9.85 Å². The van der Waals surface area contributed by atoms with Gasteiger partial charge in [-0.2, -0.15) is 0 Å². The molecule has 0 aliphatic rings. The van der Waals surface area contributed by atoms with E-state index in [1.165, 1.54) is 18.2 Å². The molecule has 0 radical (unpaired) electrons. The quantitative estimate of drug-likeness (QED) is 0.615. The Bertz CT molecular complexity index is 617. The molecule has 0 aliphatic carbocycles. The fraction of sp³-hybridized carbons (Fsp3) is 0.0769. The molecule has 0 saturated carbocycles. The highest BCUT2D eigenvalue weighted by atomic mass is 35.5. The van der Waals surface area contributed by atoms with Crippen LogP contribution in [-0.2, 0) is 0 Å². The van der Waals surface area contributed by atoms with Crippen LogP contribution in [0.25, 0.3) is 0 Å². The summed E-state index contributed by atoms with van der Waals surface area (Å²) in [7, 11) is 0. The molecule has 0 fully saturated rings. The Balaban J connectivity index is 0.000000204. The second kappa shape index (κ2) is 7.20. The minimum absolute atomic E-state index is 0.0671. The van der Waals surface area contributed by atoms with Gasteiger partial charge in [0.1, 0.15) is 0 Å². The smallest absolute Gasteiger partial charge is 0.258 e. The van der Waals surface area contributed by atoms with Gasteiger partial charge in [-0.1, -0.05) is 35.9 Å². The second-order valence-electron chi connectivity index (χ2n) is 3.78. The third kappa shape index (κ3) is 4.66. The number of nitrogens with zero attached hydrogens (tertiary/aromatic N) is 2. The molecule has 0 spiro atoms. The van der Waals surface area contributed by atoms with E-state index in [4.69, 9.17) is 11.6 Å². The molecule has 0 aliphatic heterocycles. The van der Waals surface area contributed by atoms with Crippen LogP contribution in [0.15, 0.2) is 48.5 Å². The summed E-state index contributed by atoms with van der Waals surface area (Å²) in [5.74, 6) is 0. The highest BCUT2D eigenvalue weighted by Gasteiger charge is 2.09.